The largest absolute Gasteiger partial charge is 1.00 e. The summed E-state index contributed by atoms with van der Waals surface area (Å²) in [5, 5.41) is 29.2. The molecule has 23 heavy (non-hydrogen) atoms. The van der Waals surface area contributed by atoms with E-state index < -0.39 is 11.9 Å². The smallest absolute Gasteiger partial charge is 1.00 e. The summed E-state index contributed by atoms with van der Waals surface area (Å²) in [4.78, 5) is 23.4. The summed E-state index contributed by atoms with van der Waals surface area (Å²) >= 11 is 0. The van der Waals surface area contributed by atoms with E-state index in [0.29, 0.717) is 11.3 Å². The van der Waals surface area contributed by atoms with E-state index in [-0.39, 0.29) is 47.7 Å². The zero-order chi connectivity index (χ0) is 16.1. The Balaban J connectivity index is 0.00000264. The summed E-state index contributed by atoms with van der Waals surface area (Å²) in [5.41, 5.74) is 0.759. The minimum absolute atomic E-state index is 0. The van der Waals surface area contributed by atoms with Gasteiger partial charge in [-0.2, -0.15) is 10.5 Å². The minimum Gasteiger partial charge on any atom is -1.00 e. The molecule has 0 aromatic heterocycles. The summed E-state index contributed by atoms with van der Waals surface area (Å²) in [5.74, 6) is -1.89. The number of benzene rings is 2. The van der Waals surface area contributed by atoms with Crippen LogP contribution < -0.4 is 34.9 Å². The number of carbonyl (C=O) groups excluding carboxylic acids is 1. The zero-order valence-electron chi connectivity index (χ0n) is 13.2. The number of nitrogens with one attached hydrogen (secondary N) is 1. The van der Waals surface area contributed by atoms with Crippen LogP contribution >= 0.6 is 0 Å². The number of hydrogen-bond acceptors (Lipinski definition) is 4. The van der Waals surface area contributed by atoms with E-state index in [0.717, 1.165) is 0 Å². The van der Waals surface area contributed by atoms with Crippen molar-refractivity contribution in [2.24, 2.45) is 0 Å². The van der Waals surface area contributed by atoms with Crippen molar-refractivity contribution in [3.63, 3.8) is 0 Å². The number of nitriles is 2. The predicted octanol–water partition coefficient (Wildman–Crippen LogP) is -0.503. The quantitative estimate of drug-likeness (QED) is 0.741. The molecule has 0 unspecified atom stereocenters. The molecule has 0 bridgehead atoms. The third kappa shape index (κ3) is 4.41. The first-order valence-corrected chi connectivity index (χ1v) is 6.14. The fourth-order valence-corrected chi connectivity index (χ4v) is 1.81. The Hall–Kier alpha value is -2.64. The third-order valence-corrected chi connectivity index (χ3v) is 2.90. The Kier molecular flexibility index (Phi) is 6.49. The van der Waals surface area contributed by atoms with Gasteiger partial charge in [0.05, 0.1) is 34.4 Å². The molecule has 0 saturated carbocycles. The van der Waals surface area contributed by atoms with Crippen LogP contribution in [0.4, 0.5) is 5.69 Å². The van der Waals surface area contributed by atoms with Crippen molar-refractivity contribution in [1.82, 2.24) is 0 Å². The molecule has 0 aliphatic heterocycles. The third-order valence-electron chi connectivity index (χ3n) is 2.90. The first kappa shape index (κ1) is 18.4. The van der Waals surface area contributed by atoms with Gasteiger partial charge in [-0.15, -0.1) is 0 Å². The summed E-state index contributed by atoms with van der Waals surface area (Å²) in [7, 11) is 0. The van der Waals surface area contributed by atoms with Gasteiger partial charge in [0.25, 0.3) is 5.91 Å². The number of rotatable bonds is 3. The normalized spacial score (nSPS) is 8.96. The number of aromatic carboxylic acids is 1. The maximum atomic E-state index is 12.2. The Labute approximate surface area is 155 Å². The number of anilines is 1. The SMILES string of the molecule is N#Cc1ccc(NC(=O)c2cc(C#N)ccc2C(=O)O)cc1.[H-].[Na+]. The van der Waals surface area contributed by atoms with E-state index in [4.69, 9.17) is 15.6 Å². The van der Waals surface area contributed by atoms with Crippen molar-refractivity contribution in [2.75, 3.05) is 5.32 Å². The molecule has 0 spiro atoms. The Morgan fingerprint density at radius 2 is 1.52 bits per heavy atom. The van der Waals surface area contributed by atoms with Gasteiger partial charge in [0.2, 0.25) is 0 Å². The van der Waals surface area contributed by atoms with Crippen molar-refractivity contribution in [3.8, 4) is 12.1 Å². The maximum Gasteiger partial charge on any atom is 1.00 e. The van der Waals surface area contributed by atoms with Gasteiger partial charge >= 0.3 is 35.5 Å². The van der Waals surface area contributed by atoms with E-state index in [9.17, 15) is 9.59 Å². The van der Waals surface area contributed by atoms with Crippen LogP contribution in [0.25, 0.3) is 0 Å². The van der Waals surface area contributed by atoms with Crippen LogP contribution in [0.15, 0.2) is 42.5 Å². The number of carboxylic acid groups (broad SMARTS) is 1. The molecule has 108 valence electrons. The van der Waals surface area contributed by atoms with Gasteiger partial charge in [-0.1, -0.05) is 0 Å². The predicted molar refractivity (Wildman–Crippen MR) is 78.3 cm³/mol. The van der Waals surface area contributed by atoms with Gasteiger partial charge in [0, 0.05) is 5.69 Å². The van der Waals surface area contributed by atoms with Crippen molar-refractivity contribution >= 4 is 17.6 Å². The van der Waals surface area contributed by atoms with Crippen LogP contribution in [-0.2, 0) is 0 Å². The standard InChI is InChI=1S/C16H9N3O3.Na.H/c17-8-10-1-4-12(5-2-10)19-15(20)14-7-11(9-18)3-6-13(14)16(21)22;;/h1-7H,(H,19,20)(H,21,22);;/q;+1;-1. The van der Waals surface area contributed by atoms with Crippen LogP contribution in [-0.4, -0.2) is 17.0 Å². The first-order chi connectivity index (χ1) is 10.5. The molecule has 6 nitrogen and oxygen atoms in total. The second-order valence-corrected chi connectivity index (χ2v) is 4.32. The van der Waals surface area contributed by atoms with Gasteiger partial charge in [0.1, 0.15) is 0 Å². The van der Waals surface area contributed by atoms with Crippen LogP contribution in [0.2, 0.25) is 0 Å². The number of amides is 1. The average molecular weight is 315 g/mol. The fraction of sp³-hybridized carbons (Fsp3) is 0. The van der Waals surface area contributed by atoms with Crippen LogP contribution in [0.1, 0.15) is 33.3 Å². The van der Waals surface area contributed by atoms with Gasteiger partial charge in [0.15, 0.2) is 0 Å². The summed E-state index contributed by atoms with van der Waals surface area (Å²) in [6.07, 6.45) is 0. The van der Waals surface area contributed by atoms with Crippen LogP contribution in [0.3, 0.4) is 0 Å². The van der Waals surface area contributed by atoms with Gasteiger partial charge in [-0.05, 0) is 42.5 Å². The molecule has 0 heterocycles. The molecule has 0 radical (unpaired) electrons. The molecule has 0 saturated heterocycles. The molecule has 2 N–H and O–H groups in total. The summed E-state index contributed by atoms with van der Waals surface area (Å²) in [6.45, 7) is 0. The number of carbonyl (C=O) groups is 2. The monoisotopic (exact) mass is 315 g/mol. The van der Waals surface area contributed by atoms with E-state index in [1.165, 1.54) is 42.5 Å². The van der Waals surface area contributed by atoms with E-state index in [1.54, 1.807) is 0 Å². The average Bonchev–Trinajstić information content (AvgIpc) is 2.54. The molecule has 2 aromatic rings. The summed E-state index contributed by atoms with van der Waals surface area (Å²) < 4.78 is 0. The fourth-order valence-electron chi connectivity index (χ4n) is 1.81. The van der Waals surface area contributed by atoms with Crippen LogP contribution in [0.5, 0.6) is 0 Å². The zero-order valence-corrected chi connectivity index (χ0v) is 14.2. The second kappa shape index (κ2) is 8.11. The molecule has 2 aromatic carbocycles. The van der Waals surface area contributed by atoms with Crippen molar-refractivity contribution in [3.05, 3.63) is 64.7 Å². The Morgan fingerprint density at radius 1 is 0.957 bits per heavy atom. The topological polar surface area (TPSA) is 114 Å². The van der Waals surface area contributed by atoms with Crippen molar-refractivity contribution in [2.45, 2.75) is 0 Å². The summed E-state index contributed by atoms with van der Waals surface area (Å²) in [6, 6.07) is 13.7. The molecule has 1 amide bonds. The van der Waals surface area contributed by atoms with Crippen LogP contribution in [0, 0.1) is 22.7 Å². The molecule has 7 heteroatoms. The minimum atomic E-state index is -1.26. The van der Waals surface area contributed by atoms with Gasteiger partial charge in [-0.25, -0.2) is 4.79 Å². The number of carboxylic acids is 1. The van der Waals surface area contributed by atoms with E-state index >= 15 is 0 Å². The Bertz CT molecular complexity index is 839. The van der Waals surface area contributed by atoms with Gasteiger partial charge in [-0.3, -0.25) is 4.79 Å². The molecular formula is C16H10N3NaO3. The molecule has 0 aliphatic rings. The number of nitrogens with zero attached hydrogens (tertiary/aromatic N) is 2. The van der Waals surface area contributed by atoms with Crippen molar-refractivity contribution < 1.29 is 45.7 Å². The first-order valence-electron chi connectivity index (χ1n) is 6.14. The van der Waals surface area contributed by atoms with E-state index in [1.807, 2.05) is 12.1 Å². The number of hydrogen-bond donors (Lipinski definition) is 2. The van der Waals surface area contributed by atoms with E-state index in [2.05, 4.69) is 5.32 Å². The molecule has 0 aliphatic carbocycles. The van der Waals surface area contributed by atoms with Gasteiger partial charge < -0.3 is 11.8 Å². The Morgan fingerprint density at radius 3 is 2.04 bits per heavy atom. The molecule has 0 fully saturated rings. The van der Waals surface area contributed by atoms with Crippen molar-refractivity contribution in [1.29, 1.82) is 10.5 Å². The second-order valence-electron chi connectivity index (χ2n) is 4.32. The molecule has 0 atom stereocenters. The molecule has 2 rings (SSSR count). The molecular weight excluding hydrogens is 305 g/mol. The maximum absolute atomic E-state index is 12.2.